The number of hydrogen-bond donors (Lipinski definition) is 5. The summed E-state index contributed by atoms with van der Waals surface area (Å²) in [4.78, 5) is 3.72. The van der Waals surface area contributed by atoms with Gasteiger partial charge in [0.15, 0.2) is 6.34 Å². The first-order chi connectivity index (χ1) is 2.50. The van der Waals surface area contributed by atoms with Gasteiger partial charge in [0.05, 0.1) is 6.20 Å². The van der Waals surface area contributed by atoms with E-state index in [1.165, 1.54) is 0 Å². The zero-order valence-electron chi connectivity index (χ0n) is 8.65. The highest BCUT2D eigenvalue weighted by Gasteiger charge is 1.76. The Hall–Kier alpha value is 0.660. The van der Waals surface area contributed by atoms with Gasteiger partial charge in [-0.25, -0.2) is 4.99 Å². The summed E-state index contributed by atoms with van der Waals surface area (Å²) in [7, 11) is 0. The van der Waals surface area contributed by atoms with Gasteiger partial charge in [0.25, 0.3) is 0 Å². The Balaban J connectivity index is -0.00000000397. The number of nitrogens with zero attached hydrogens (tertiary/aromatic N) is 1. The predicted octanol–water partition coefficient (Wildman–Crippen LogP) is -14.4. The van der Waals surface area contributed by atoms with E-state index in [-0.39, 0.29) is 86.6 Å². The lowest BCUT2D eigenvalue weighted by atomic mass is 11.0. The van der Waals surface area contributed by atoms with Crippen LogP contribution in [-0.4, -0.2) is 6.34 Å². The molecule has 1 aliphatic heterocycles. The first kappa shape index (κ1) is 85.4. The van der Waals surface area contributed by atoms with Crippen LogP contribution in [0.5, 0.6) is 0 Å². The van der Waals surface area contributed by atoms with Gasteiger partial charge in [-0.05, 0) is 0 Å². The Bertz CT molecular complexity index is 79.5. The van der Waals surface area contributed by atoms with Crippen molar-refractivity contribution in [2.45, 2.75) is 0 Å². The lowest BCUT2D eigenvalue weighted by Crippen LogP contribution is -3.00. The molecule has 0 saturated heterocycles. The van der Waals surface area contributed by atoms with E-state index < -0.39 is 0 Å². The van der Waals surface area contributed by atoms with Crippen molar-refractivity contribution in [2.75, 3.05) is 0 Å². The van der Waals surface area contributed by atoms with E-state index in [2.05, 4.69) is 4.99 Å². The molecule has 0 saturated carbocycles. The van der Waals surface area contributed by atoms with Crippen molar-refractivity contribution in [2.24, 2.45) is 4.99 Å². The SMILES string of the molecule is C1=C[NH2+]C=N1.[Cl-].[Cl-].[Cl-].[Cl-].[Cl-].[NH4+].[NH4+].[NH4+].[NH4+]. The van der Waals surface area contributed by atoms with Gasteiger partial charge < -0.3 is 86.6 Å². The maximum atomic E-state index is 3.72. The van der Waals surface area contributed by atoms with Gasteiger partial charge in [0.1, 0.15) is 6.20 Å². The quantitative estimate of drug-likeness (QED) is 0.285. The molecule has 6 nitrogen and oxygen atoms in total. The Kier molecular flexibility index (Phi) is 417. The maximum Gasteiger partial charge on any atom is 0.191 e. The van der Waals surface area contributed by atoms with Gasteiger partial charge in [-0.3, -0.25) is 5.32 Å². The minimum absolute atomic E-state index is 0. The Morgan fingerprint density at radius 2 is 1.07 bits per heavy atom. The third-order valence-corrected chi connectivity index (χ3v) is 0.455. The number of rotatable bonds is 0. The van der Waals surface area contributed by atoms with Crippen LogP contribution < -0.4 is 92.0 Å². The minimum atomic E-state index is 0. The monoisotopic (exact) mass is 316 g/mol. The van der Waals surface area contributed by atoms with Crippen molar-refractivity contribution in [1.29, 1.82) is 0 Å². The number of halogens is 5. The van der Waals surface area contributed by atoms with Crippen molar-refractivity contribution >= 4 is 6.34 Å². The zero-order chi connectivity index (χ0) is 3.54. The smallest absolute Gasteiger partial charge is 0.191 e. The van der Waals surface area contributed by atoms with E-state index in [0.29, 0.717) is 0 Å². The molecule has 18 N–H and O–H groups in total. The molecule has 1 heterocycles. The fourth-order valence-corrected chi connectivity index (χ4v) is 0.248. The molecule has 0 atom stereocenters. The maximum absolute atomic E-state index is 3.72. The molecule has 0 unspecified atom stereocenters. The van der Waals surface area contributed by atoms with Crippen LogP contribution in [0, 0.1) is 0 Å². The summed E-state index contributed by atoms with van der Waals surface area (Å²) < 4.78 is 0. The molecular formula is C3H21Cl5N6. The molecule has 1 rings (SSSR count). The highest BCUT2D eigenvalue weighted by molar-refractivity contribution is 5.45. The zero-order valence-corrected chi connectivity index (χ0v) is 12.4. The van der Waals surface area contributed by atoms with Crippen LogP contribution in [0.4, 0.5) is 0 Å². The summed E-state index contributed by atoms with van der Waals surface area (Å²) >= 11 is 0. The molecule has 0 radical (unpaired) electrons. The number of aliphatic imine (C=N–C) groups is 1. The molecule has 0 spiro atoms. The molecule has 98 valence electrons. The molecule has 0 aromatic heterocycles. The molecular weight excluding hydrogens is 297 g/mol. The highest BCUT2D eigenvalue weighted by atomic mass is 35.5. The van der Waals surface area contributed by atoms with Crippen molar-refractivity contribution in [3.63, 3.8) is 0 Å². The molecule has 0 aliphatic carbocycles. The average Bonchev–Trinajstić information content (AvgIpc) is 1.76. The van der Waals surface area contributed by atoms with Crippen LogP contribution in [0.1, 0.15) is 0 Å². The third kappa shape index (κ3) is 53.7. The number of hydrogen-bond acceptors (Lipinski definition) is 1. The molecule has 0 bridgehead atoms. The van der Waals surface area contributed by atoms with Gasteiger partial charge in [-0.15, -0.1) is 0 Å². The number of nitrogens with two attached hydrogens (primary N) is 1. The van der Waals surface area contributed by atoms with Gasteiger partial charge >= 0.3 is 0 Å². The Labute approximate surface area is 116 Å². The van der Waals surface area contributed by atoms with Gasteiger partial charge in [0.2, 0.25) is 0 Å². The lowest BCUT2D eigenvalue weighted by molar-refractivity contribution is -0.447. The normalized spacial score (nSPS) is 6.29. The Morgan fingerprint density at radius 3 is 1.14 bits per heavy atom. The standard InChI is InChI=1S/C3H4N2.5ClH.4H3N/c1-2-5-3-4-1;;;;;;;;;/h1-3H,(H,4,5);5*1H;4*1H3. The van der Waals surface area contributed by atoms with Gasteiger partial charge in [-0.1, -0.05) is 0 Å². The molecule has 0 aromatic rings. The second-order valence-electron chi connectivity index (χ2n) is 0.832. The van der Waals surface area contributed by atoms with Crippen LogP contribution >= 0.6 is 0 Å². The second-order valence-corrected chi connectivity index (χ2v) is 0.832. The summed E-state index contributed by atoms with van der Waals surface area (Å²) in [5.74, 6) is 0. The minimum Gasteiger partial charge on any atom is -1.00 e. The molecule has 0 aromatic carbocycles. The van der Waals surface area contributed by atoms with Crippen molar-refractivity contribution < 1.29 is 67.4 Å². The lowest BCUT2D eigenvalue weighted by Gasteiger charge is -1.58. The summed E-state index contributed by atoms with van der Waals surface area (Å²) in [6.45, 7) is 0. The van der Waals surface area contributed by atoms with Gasteiger partial charge in [-0.2, -0.15) is 0 Å². The highest BCUT2D eigenvalue weighted by Crippen LogP contribution is 1.63. The van der Waals surface area contributed by atoms with Crippen LogP contribution in [0.25, 0.3) is 0 Å². The van der Waals surface area contributed by atoms with Crippen LogP contribution in [0.2, 0.25) is 0 Å². The van der Waals surface area contributed by atoms with E-state index >= 15 is 0 Å². The van der Waals surface area contributed by atoms with Crippen molar-refractivity contribution in [1.82, 2.24) is 24.6 Å². The largest absolute Gasteiger partial charge is 1.00 e. The third-order valence-electron chi connectivity index (χ3n) is 0.455. The van der Waals surface area contributed by atoms with Crippen molar-refractivity contribution in [3.8, 4) is 0 Å². The first-order valence-corrected chi connectivity index (χ1v) is 1.52. The molecule has 1 aliphatic rings. The molecule has 14 heavy (non-hydrogen) atoms. The van der Waals surface area contributed by atoms with Crippen molar-refractivity contribution in [3.05, 3.63) is 12.4 Å². The topological polar surface area (TPSA) is 175 Å². The van der Waals surface area contributed by atoms with E-state index in [0.717, 1.165) is 0 Å². The predicted molar refractivity (Wildman–Crippen MR) is 43.5 cm³/mol. The molecule has 0 amide bonds. The Morgan fingerprint density at radius 1 is 0.714 bits per heavy atom. The summed E-state index contributed by atoms with van der Waals surface area (Å²) in [5.41, 5.74) is 0. The summed E-state index contributed by atoms with van der Waals surface area (Å²) in [6, 6.07) is 0. The fraction of sp³-hybridized carbons (Fsp3) is 0. The molecule has 11 heteroatoms. The summed E-state index contributed by atoms with van der Waals surface area (Å²) in [6.07, 6.45) is 5.39. The molecule has 0 fully saturated rings. The van der Waals surface area contributed by atoms with E-state index in [4.69, 9.17) is 0 Å². The summed E-state index contributed by atoms with van der Waals surface area (Å²) in [5, 5.41) is 1.89. The second kappa shape index (κ2) is 68.3. The first-order valence-electron chi connectivity index (χ1n) is 1.52. The average molecular weight is 319 g/mol. The van der Waals surface area contributed by atoms with Crippen LogP contribution in [0.3, 0.4) is 0 Å². The van der Waals surface area contributed by atoms with Gasteiger partial charge in [0, 0.05) is 0 Å². The fourth-order valence-electron chi connectivity index (χ4n) is 0.248. The number of quaternary nitrogens is 5. The van der Waals surface area contributed by atoms with Crippen LogP contribution in [-0.2, 0) is 0 Å². The van der Waals surface area contributed by atoms with E-state index in [1.807, 2.05) is 11.5 Å². The van der Waals surface area contributed by atoms with E-state index in [1.54, 1.807) is 12.5 Å². The van der Waals surface area contributed by atoms with Crippen LogP contribution in [0.15, 0.2) is 17.4 Å². The van der Waals surface area contributed by atoms with E-state index in [9.17, 15) is 0 Å².